The third kappa shape index (κ3) is 3.28. The first kappa shape index (κ1) is 12.6. The summed E-state index contributed by atoms with van der Waals surface area (Å²) in [5.74, 6) is 0.183. The molecule has 3 nitrogen and oxygen atoms in total. The van der Waals surface area contributed by atoms with Gasteiger partial charge in [-0.05, 0) is 60.7 Å². The van der Waals surface area contributed by atoms with E-state index in [-0.39, 0.29) is 17.8 Å². The lowest BCUT2D eigenvalue weighted by atomic mass is 10.1. The first-order chi connectivity index (χ1) is 7.87. The van der Waals surface area contributed by atoms with Crippen molar-refractivity contribution in [1.29, 1.82) is 0 Å². The molecule has 1 aliphatic rings. The Balaban J connectivity index is 1.99. The van der Waals surface area contributed by atoms with Gasteiger partial charge < -0.3 is 4.74 Å². The van der Waals surface area contributed by atoms with Crippen molar-refractivity contribution >= 4 is 21.9 Å². The fourth-order valence-corrected chi connectivity index (χ4v) is 2.21. The fourth-order valence-electron chi connectivity index (χ4n) is 1.83. The van der Waals surface area contributed by atoms with Gasteiger partial charge in [0.15, 0.2) is 0 Å². The van der Waals surface area contributed by atoms with Crippen LogP contribution in [0.5, 0.6) is 0 Å². The minimum absolute atomic E-state index is 0.00493. The second kappa shape index (κ2) is 4.41. The summed E-state index contributed by atoms with van der Waals surface area (Å²) in [6, 6.07) is 2.02. The van der Waals surface area contributed by atoms with Crippen LogP contribution in [0.1, 0.15) is 38.7 Å². The number of hydrogen-bond donors (Lipinski definition) is 0. The van der Waals surface area contributed by atoms with E-state index in [1.807, 2.05) is 33.0 Å². The van der Waals surface area contributed by atoms with Crippen LogP contribution >= 0.6 is 15.9 Å². The van der Waals surface area contributed by atoms with Gasteiger partial charge in [-0.25, -0.2) is 0 Å². The van der Waals surface area contributed by atoms with Gasteiger partial charge in [-0.1, -0.05) is 0 Å². The quantitative estimate of drug-likeness (QED) is 0.786. The minimum Gasteiger partial charge on any atom is -0.460 e. The molecular weight excluding hydrogens is 282 g/mol. The number of pyridine rings is 1. The number of nitrogens with zero attached hydrogens (tertiary/aromatic N) is 1. The van der Waals surface area contributed by atoms with Gasteiger partial charge in [-0.15, -0.1) is 0 Å². The van der Waals surface area contributed by atoms with Crippen molar-refractivity contribution in [1.82, 2.24) is 4.98 Å². The summed E-state index contributed by atoms with van der Waals surface area (Å²) >= 11 is 3.39. The van der Waals surface area contributed by atoms with Crippen LogP contribution in [0.2, 0.25) is 0 Å². The molecule has 17 heavy (non-hydrogen) atoms. The average molecular weight is 298 g/mol. The van der Waals surface area contributed by atoms with Crippen molar-refractivity contribution in [3.8, 4) is 0 Å². The van der Waals surface area contributed by atoms with E-state index in [2.05, 4.69) is 20.9 Å². The number of carbonyl (C=O) groups excluding carboxylic acids is 1. The van der Waals surface area contributed by atoms with Gasteiger partial charge in [-0.3, -0.25) is 9.78 Å². The first-order valence-electron chi connectivity index (χ1n) is 5.70. The highest BCUT2D eigenvalue weighted by Gasteiger charge is 2.46. The number of ether oxygens (including phenoxy) is 1. The van der Waals surface area contributed by atoms with Crippen molar-refractivity contribution < 1.29 is 9.53 Å². The van der Waals surface area contributed by atoms with E-state index in [1.165, 1.54) is 0 Å². The molecule has 2 unspecified atom stereocenters. The molecular formula is C13H16BrNO2. The molecule has 0 aromatic carbocycles. The second-order valence-electron chi connectivity index (χ2n) is 5.42. The summed E-state index contributed by atoms with van der Waals surface area (Å²) < 4.78 is 6.32. The van der Waals surface area contributed by atoms with Crippen LogP contribution in [0.25, 0.3) is 0 Å². The van der Waals surface area contributed by atoms with Crippen molar-refractivity contribution in [3.63, 3.8) is 0 Å². The molecule has 1 saturated carbocycles. The standard InChI is InChI=1S/C13H16BrNO2/c1-13(2,3)17-12(16)11-5-10(11)8-4-9(14)7-15-6-8/h4,6-7,10-11H,5H2,1-3H3. The van der Waals surface area contributed by atoms with E-state index in [0.717, 1.165) is 16.5 Å². The lowest BCUT2D eigenvalue weighted by Crippen LogP contribution is -2.25. The molecule has 0 amide bonds. The largest absolute Gasteiger partial charge is 0.460 e. The van der Waals surface area contributed by atoms with Gasteiger partial charge in [0.25, 0.3) is 0 Å². The first-order valence-corrected chi connectivity index (χ1v) is 6.49. The molecule has 0 spiro atoms. The molecule has 92 valence electrons. The van der Waals surface area contributed by atoms with E-state index in [9.17, 15) is 4.79 Å². The molecule has 1 aliphatic carbocycles. The minimum atomic E-state index is -0.403. The molecule has 1 heterocycles. The van der Waals surface area contributed by atoms with Crippen LogP contribution in [0.15, 0.2) is 22.9 Å². The number of carbonyl (C=O) groups is 1. The summed E-state index contributed by atoms with van der Waals surface area (Å²) in [6.07, 6.45) is 4.43. The summed E-state index contributed by atoms with van der Waals surface area (Å²) in [6.45, 7) is 5.68. The van der Waals surface area contributed by atoms with Crippen LogP contribution in [0, 0.1) is 5.92 Å². The van der Waals surface area contributed by atoms with Gasteiger partial charge >= 0.3 is 5.97 Å². The highest BCUT2D eigenvalue weighted by Crippen LogP contribution is 2.48. The predicted molar refractivity (Wildman–Crippen MR) is 68.6 cm³/mol. The Bertz CT molecular complexity index is 439. The number of halogens is 1. The van der Waals surface area contributed by atoms with Crippen molar-refractivity contribution in [2.75, 3.05) is 0 Å². The van der Waals surface area contributed by atoms with Gasteiger partial charge in [-0.2, -0.15) is 0 Å². The molecule has 4 heteroatoms. The maximum absolute atomic E-state index is 11.8. The lowest BCUT2D eigenvalue weighted by molar-refractivity contribution is -0.156. The Labute approximate surface area is 110 Å². The van der Waals surface area contributed by atoms with Crippen LogP contribution in [0.3, 0.4) is 0 Å². The lowest BCUT2D eigenvalue weighted by Gasteiger charge is -2.19. The second-order valence-corrected chi connectivity index (χ2v) is 6.33. The van der Waals surface area contributed by atoms with Gasteiger partial charge in [0.1, 0.15) is 5.60 Å². The average Bonchev–Trinajstić information content (AvgIpc) is 2.94. The third-order valence-corrected chi connectivity index (χ3v) is 3.09. The van der Waals surface area contributed by atoms with E-state index in [1.54, 1.807) is 6.20 Å². The zero-order valence-corrected chi connectivity index (χ0v) is 11.8. The van der Waals surface area contributed by atoms with Crippen LogP contribution < -0.4 is 0 Å². The Kier molecular flexibility index (Phi) is 3.25. The van der Waals surface area contributed by atoms with E-state index >= 15 is 0 Å². The topological polar surface area (TPSA) is 39.2 Å². The summed E-state index contributed by atoms with van der Waals surface area (Å²) in [5, 5.41) is 0. The SMILES string of the molecule is CC(C)(C)OC(=O)C1CC1c1cncc(Br)c1. The normalized spacial score (nSPS) is 23.3. The van der Waals surface area contributed by atoms with Gasteiger partial charge in [0, 0.05) is 16.9 Å². The maximum Gasteiger partial charge on any atom is 0.310 e. The molecule has 2 atom stereocenters. The molecule has 0 saturated heterocycles. The Morgan fingerprint density at radius 3 is 2.76 bits per heavy atom. The van der Waals surface area contributed by atoms with Crippen LogP contribution in [-0.2, 0) is 9.53 Å². The summed E-state index contributed by atoms with van der Waals surface area (Å²) in [7, 11) is 0. The van der Waals surface area contributed by atoms with Crippen LogP contribution in [-0.4, -0.2) is 16.6 Å². The maximum atomic E-state index is 11.8. The monoisotopic (exact) mass is 297 g/mol. The van der Waals surface area contributed by atoms with Crippen LogP contribution in [0.4, 0.5) is 0 Å². The number of rotatable bonds is 2. The van der Waals surface area contributed by atoms with E-state index in [4.69, 9.17) is 4.74 Å². The molecule has 2 rings (SSSR count). The fraction of sp³-hybridized carbons (Fsp3) is 0.538. The predicted octanol–water partition coefficient (Wildman–Crippen LogP) is 3.29. The van der Waals surface area contributed by atoms with E-state index in [0.29, 0.717) is 0 Å². The number of hydrogen-bond acceptors (Lipinski definition) is 3. The summed E-state index contributed by atoms with van der Waals surface area (Å²) in [4.78, 5) is 16.0. The van der Waals surface area contributed by atoms with Crippen molar-refractivity contribution in [2.45, 2.75) is 38.7 Å². The Morgan fingerprint density at radius 1 is 1.47 bits per heavy atom. The molecule has 0 bridgehead atoms. The van der Waals surface area contributed by atoms with E-state index < -0.39 is 5.60 Å². The van der Waals surface area contributed by atoms with Crippen molar-refractivity contribution in [3.05, 3.63) is 28.5 Å². The number of aromatic nitrogens is 1. The highest BCUT2D eigenvalue weighted by atomic mass is 79.9. The van der Waals surface area contributed by atoms with Gasteiger partial charge in [0.05, 0.1) is 5.92 Å². The Morgan fingerprint density at radius 2 is 2.18 bits per heavy atom. The third-order valence-electron chi connectivity index (χ3n) is 2.65. The van der Waals surface area contributed by atoms with Crippen molar-refractivity contribution in [2.24, 2.45) is 5.92 Å². The molecule has 1 fully saturated rings. The molecule has 1 aromatic heterocycles. The smallest absolute Gasteiger partial charge is 0.310 e. The molecule has 0 N–H and O–H groups in total. The summed E-state index contributed by atoms with van der Waals surface area (Å²) in [5.41, 5.74) is 0.704. The van der Waals surface area contributed by atoms with Gasteiger partial charge in [0.2, 0.25) is 0 Å². The Hall–Kier alpha value is -0.900. The highest BCUT2D eigenvalue weighted by molar-refractivity contribution is 9.10. The molecule has 0 radical (unpaired) electrons. The zero-order valence-electron chi connectivity index (χ0n) is 10.2. The number of esters is 1. The molecule has 1 aromatic rings. The zero-order chi connectivity index (χ0) is 12.6. The molecule has 0 aliphatic heterocycles.